The minimum absolute atomic E-state index is 0.146. The number of rotatable bonds is 4. The first kappa shape index (κ1) is 16.6. The van der Waals surface area contributed by atoms with Crippen LogP contribution < -0.4 is 0 Å². The second-order valence-electron chi connectivity index (χ2n) is 6.41. The van der Waals surface area contributed by atoms with Crippen LogP contribution in [0, 0.1) is 5.82 Å². The fourth-order valence-electron chi connectivity index (χ4n) is 3.31. The van der Waals surface area contributed by atoms with Crippen molar-refractivity contribution in [2.24, 2.45) is 0 Å². The molecule has 1 aliphatic rings. The lowest BCUT2D eigenvalue weighted by atomic mass is 9.91. The zero-order valence-corrected chi connectivity index (χ0v) is 13.8. The third kappa shape index (κ3) is 4.19. The van der Waals surface area contributed by atoms with Crippen LogP contribution in [0.4, 0.5) is 4.39 Å². The normalized spacial score (nSPS) is 16.5. The molecular weight excluding hydrogens is 303 g/mol. The summed E-state index contributed by atoms with van der Waals surface area (Å²) < 4.78 is 13.3. The monoisotopic (exact) mass is 326 g/mol. The maximum Gasteiger partial charge on any atom is 0.230 e. The van der Waals surface area contributed by atoms with Crippen LogP contribution in [0.1, 0.15) is 42.7 Å². The van der Waals surface area contributed by atoms with Gasteiger partial charge in [0.1, 0.15) is 5.82 Å². The summed E-state index contributed by atoms with van der Waals surface area (Å²) in [5, 5.41) is 0. The standard InChI is InChI=1S/C20H23FN2O/c21-18-9-7-17(8-10-18)19(14-16-6-5-11-22-15-16)20(24)23-12-3-1-2-4-13-23/h5-11,15,19H,1-4,12-14H2. The predicted molar refractivity (Wildman–Crippen MR) is 92.1 cm³/mol. The number of aromatic nitrogens is 1. The van der Waals surface area contributed by atoms with Gasteiger partial charge < -0.3 is 4.90 Å². The molecular formula is C20H23FN2O. The van der Waals surface area contributed by atoms with Crippen molar-refractivity contribution in [1.29, 1.82) is 0 Å². The van der Waals surface area contributed by atoms with E-state index in [2.05, 4.69) is 4.98 Å². The molecule has 3 rings (SSSR count). The number of halogens is 1. The van der Waals surface area contributed by atoms with Gasteiger partial charge in [0.2, 0.25) is 5.91 Å². The average Bonchev–Trinajstić information content (AvgIpc) is 2.90. The zero-order valence-electron chi connectivity index (χ0n) is 13.8. The van der Waals surface area contributed by atoms with E-state index < -0.39 is 0 Å². The molecule has 1 saturated heterocycles. The molecule has 126 valence electrons. The van der Waals surface area contributed by atoms with Crippen molar-refractivity contribution >= 4 is 5.91 Å². The molecule has 2 aromatic rings. The molecule has 3 nitrogen and oxygen atoms in total. The summed E-state index contributed by atoms with van der Waals surface area (Å²) in [6.07, 6.45) is 8.62. The Morgan fingerprint density at radius 2 is 1.79 bits per heavy atom. The Bertz CT molecular complexity index is 649. The van der Waals surface area contributed by atoms with Gasteiger partial charge >= 0.3 is 0 Å². The SMILES string of the molecule is O=C(C(Cc1cccnc1)c1ccc(F)cc1)N1CCCCCC1. The van der Waals surface area contributed by atoms with Crippen molar-refractivity contribution in [3.05, 3.63) is 65.7 Å². The molecule has 0 bridgehead atoms. The first-order valence-electron chi connectivity index (χ1n) is 8.67. The third-order valence-electron chi connectivity index (χ3n) is 4.65. The molecule has 1 aromatic heterocycles. The zero-order chi connectivity index (χ0) is 16.8. The molecule has 0 N–H and O–H groups in total. The minimum atomic E-state index is -0.284. The highest BCUT2D eigenvalue weighted by Crippen LogP contribution is 2.25. The van der Waals surface area contributed by atoms with E-state index in [1.807, 2.05) is 17.0 Å². The number of carbonyl (C=O) groups is 1. The van der Waals surface area contributed by atoms with Crippen LogP contribution in [0.15, 0.2) is 48.8 Å². The summed E-state index contributed by atoms with van der Waals surface area (Å²) in [4.78, 5) is 19.3. The van der Waals surface area contributed by atoms with Crippen LogP contribution >= 0.6 is 0 Å². The van der Waals surface area contributed by atoms with Gasteiger partial charge in [-0.2, -0.15) is 0 Å². The summed E-state index contributed by atoms with van der Waals surface area (Å²) in [5.41, 5.74) is 1.89. The molecule has 0 aliphatic carbocycles. The van der Waals surface area contributed by atoms with E-state index in [0.29, 0.717) is 6.42 Å². The summed E-state index contributed by atoms with van der Waals surface area (Å²) in [6, 6.07) is 10.2. The number of likely N-dealkylation sites (tertiary alicyclic amines) is 1. The number of pyridine rings is 1. The smallest absolute Gasteiger partial charge is 0.230 e. The van der Waals surface area contributed by atoms with Gasteiger partial charge in [-0.1, -0.05) is 31.0 Å². The van der Waals surface area contributed by atoms with Gasteiger partial charge in [-0.25, -0.2) is 4.39 Å². The molecule has 1 fully saturated rings. The van der Waals surface area contributed by atoms with Crippen molar-refractivity contribution in [1.82, 2.24) is 9.88 Å². The maximum absolute atomic E-state index is 13.3. The Labute approximate surface area is 142 Å². The van der Waals surface area contributed by atoms with Crippen molar-refractivity contribution < 1.29 is 9.18 Å². The van der Waals surface area contributed by atoms with Crippen LogP contribution in [0.3, 0.4) is 0 Å². The fraction of sp³-hybridized carbons (Fsp3) is 0.400. The van der Waals surface area contributed by atoms with Gasteiger partial charge in [-0.05, 0) is 48.6 Å². The third-order valence-corrected chi connectivity index (χ3v) is 4.65. The Morgan fingerprint density at radius 1 is 1.08 bits per heavy atom. The van der Waals surface area contributed by atoms with Crippen molar-refractivity contribution in [2.75, 3.05) is 13.1 Å². The van der Waals surface area contributed by atoms with Gasteiger partial charge in [0, 0.05) is 25.5 Å². The first-order chi connectivity index (χ1) is 11.7. The first-order valence-corrected chi connectivity index (χ1v) is 8.67. The van der Waals surface area contributed by atoms with Gasteiger partial charge in [0.15, 0.2) is 0 Å². The topological polar surface area (TPSA) is 33.2 Å². The van der Waals surface area contributed by atoms with Crippen molar-refractivity contribution in [2.45, 2.75) is 38.0 Å². The number of hydrogen-bond donors (Lipinski definition) is 0. The summed E-state index contributed by atoms with van der Waals surface area (Å²) >= 11 is 0. The highest BCUT2D eigenvalue weighted by Gasteiger charge is 2.26. The Balaban J connectivity index is 1.85. The molecule has 4 heteroatoms. The highest BCUT2D eigenvalue weighted by molar-refractivity contribution is 5.84. The van der Waals surface area contributed by atoms with E-state index >= 15 is 0 Å². The second kappa shape index (κ2) is 8.04. The van der Waals surface area contributed by atoms with E-state index in [-0.39, 0.29) is 17.6 Å². The number of benzene rings is 1. The molecule has 1 amide bonds. The Morgan fingerprint density at radius 3 is 2.42 bits per heavy atom. The number of amides is 1. The van der Waals surface area contributed by atoms with E-state index in [1.54, 1.807) is 24.5 Å². The van der Waals surface area contributed by atoms with Gasteiger partial charge in [0.05, 0.1) is 5.92 Å². The molecule has 24 heavy (non-hydrogen) atoms. The van der Waals surface area contributed by atoms with Crippen LogP contribution in [-0.2, 0) is 11.2 Å². The van der Waals surface area contributed by atoms with E-state index in [4.69, 9.17) is 0 Å². The molecule has 1 unspecified atom stereocenters. The summed E-state index contributed by atoms with van der Waals surface area (Å²) in [5.74, 6) is -0.415. The largest absolute Gasteiger partial charge is 0.342 e. The molecule has 0 radical (unpaired) electrons. The lowest BCUT2D eigenvalue weighted by Gasteiger charge is -2.26. The number of carbonyl (C=O) groups excluding carboxylic acids is 1. The number of nitrogens with zero attached hydrogens (tertiary/aromatic N) is 2. The summed E-state index contributed by atoms with van der Waals surface area (Å²) in [7, 11) is 0. The number of hydrogen-bond acceptors (Lipinski definition) is 2. The Kier molecular flexibility index (Phi) is 5.57. The van der Waals surface area contributed by atoms with E-state index in [1.165, 1.54) is 25.0 Å². The van der Waals surface area contributed by atoms with Crippen LogP contribution in [0.2, 0.25) is 0 Å². The summed E-state index contributed by atoms with van der Waals surface area (Å²) in [6.45, 7) is 1.65. The lowest BCUT2D eigenvalue weighted by Crippen LogP contribution is -2.36. The maximum atomic E-state index is 13.3. The average molecular weight is 326 g/mol. The molecule has 2 heterocycles. The van der Waals surface area contributed by atoms with E-state index in [9.17, 15) is 9.18 Å². The van der Waals surface area contributed by atoms with E-state index in [0.717, 1.165) is 37.1 Å². The van der Waals surface area contributed by atoms with Crippen molar-refractivity contribution in [3.63, 3.8) is 0 Å². The van der Waals surface area contributed by atoms with Gasteiger partial charge in [-0.15, -0.1) is 0 Å². The van der Waals surface area contributed by atoms with Gasteiger partial charge in [-0.3, -0.25) is 9.78 Å². The van der Waals surface area contributed by atoms with Crippen LogP contribution in [-0.4, -0.2) is 28.9 Å². The van der Waals surface area contributed by atoms with Crippen molar-refractivity contribution in [3.8, 4) is 0 Å². The minimum Gasteiger partial charge on any atom is -0.342 e. The van der Waals surface area contributed by atoms with Crippen LogP contribution in [0.5, 0.6) is 0 Å². The molecule has 1 aliphatic heterocycles. The molecule has 0 spiro atoms. The predicted octanol–water partition coefficient (Wildman–Crippen LogP) is 3.95. The molecule has 0 saturated carbocycles. The highest BCUT2D eigenvalue weighted by atomic mass is 19.1. The van der Waals surface area contributed by atoms with Gasteiger partial charge in [0.25, 0.3) is 0 Å². The van der Waals surface area contributed by atoms with Crippen LogP contribution in [0.25, 0.3) is 0 Å². The quantitative estimate of drug-likeness (QED) is 0.852. The molecule has 1 atom stereocenters. The second-order valence-corrected chi connectivity index (χ2v) is 6.41. The Hall–Kier alpha value is -2.23. The lowest BCUT2D eigenvalue weighted by molar-refractivity contribution is -0.132. The fourth-order valence-corrected chi connectivity index (χ4v) is 3.31. The molecule has 1 aromatic carbocycles.